The summed E-state index contributed by atoms with van der Waals surface area (Å²) in [4.78, 5) is 36.1. The zero-order valence-electron chi connectivity index (χ0n) is 17.2. The van der Waals surface area contributed by atoms with E-state index in [0.29, 0.717) is 11.5 Å². The Kier molecular flexibility index (Phi) is 5.96. The van der Waals surface area contributed by atoms with Gasteiger partial charge in [0.15, 0.2) is 18.1 Å². The molecule has 1 amide bonds. The van der Waals surface area contributed by atoms with Crippen molar-refractivity contribution in [3.8, 4) is 11.5 Å². The van der Waals surface area contributed by atoms with Crippen molar-refractivity contribution in [2.24, 2.45) is 0 Å². The topological polar surface area (TPSA) is 100 Å². The Labute approximate surface area is 174 Å². The Bertz CT molecular complexity index is 963. The molecule has 3 rings (SSSR count). The van der Waals surface area contributed by atoms with E-state index in [-0.39, 0.29) is 29.0 Å². The molecule has 2 aromatic rings. The van der Waals surface area contributed by atoms with Gasteiger partial charge in [0.1, 0.15) is 5.60 Å². The molecule has 0 spiro atoms. The van der Waals surface area contributed by atoms with Crippen molar-refractivity contribution in [2.75, 3.05) is 26.1 Å². The SMILES string of the molecule is COC(=O)c1cc(NC(=O)COc2cccc3c2OC(C)(C)C3)cc(C(=O)OC)c1. The van der Waals surface area contributed by atoms with E-state index in [1.807, 2.05) is 26.0 Å². The van der Waals surface area contributed by atoms with E-state index in [0.717, 1.165) is 12.0 Å². The van der Waals surface area contributed by atoms with Crippen LogP contribution in [-0.2, 0) is 20.7 Å². The zero-order chi connectivity index (χ0) is 21.9. The third-order valence-electron chi connectivity index (χ3n) is 4.47. The molecule has 1 aliphatic rings. The summed E-state index contributed by atoms with van der Waals surface area (Å²) in [6.45, 7) is 3.68. The van der Waals surface area contributed by atoms with Crippen LogP contribution in [0.1, 0.15) is 40.1 Å². The number of nitrogens with one attached hydrogen (secondary N) is 1. The first kappa shape index (κ1) is 21.2. The number of benzene rings is 2. The Balaban J connectivity index is 1.72. The van der Waals surface area contributed by atoms with E-state index in [4.69, 9.17) is 9.47 Å². The number of fused-ring (bicyclic) bond motifs is 1. The molecule has 0 radical (unpaired) electrons. The highest BCUT2D eigenvalue weighted by Gasteiger charge is 2.32. The largest absolute Gasteiger partial charge is 0.483 e. The quantitative estimate of drug-likeness (QED) is 0.727. The van der Waals surface area contributed by atoms with Gasteiger partial charge in [0.25, 0.3) is 5.91 Å². The molecule has 158 valence electrons. The predicted molar refractivity (Wildman–Crippen MR) is 108 cm³/mol. The molecule has 1 aliphatic heterocycles. The van der Waals surface area contributed by atoms with Crippen LogP contribution >= 0.6 is 0 Å². The summed E-state index contributed by atoms with van der Waals surface area (Å²) < 4.78 is 21.0. The van der Waals surface area contributed by atoms with Gasteiger partial charge in [-0.2, -0.15) is 0 Å². The van der Waals surface area contributed by atoms with Gasteiger partial charge < -0.3 is 24.3 Å². The highest BCUT2D eigenvalue weighted by atomic mass is 16.5. The van der Waals surface area contributed by atoms with Crippen LogP contribution in [0, 0.1) is 0 Å². The molecular formula is C22H23NO7. The van der Waals surface area contributed by atoms with E-state index >= 15 is 0 Å². The van der Waals surface area contributed by atoms with Crippen LogP contribution < -0.4 is 14.8 Å². The molecule has 0 unspecified atom stereocenters. The molecule has 1 N–H and O–H groups in total. The predicted octanol–water partition coefficient (Wildman–Crippen LogP) is 2.99. The molecule has 0 aliphatic carbocycles. The minimum Gasteiger partial charge on any atom is -0.483 e. The number of methoxy groups -OCH3 is 2. The van der Waals surface area contributed by atoms with Gasteiger partial charge in [0.05, 0.1) is 25.3 Å². The minimum absolute atomic E-state index is 0.105. The number of ether oxygens (including phenoxy) is 4. The summed E-state index contributed by atoms with van der Waals surface area (Å²) in [6, 6.07) is 9.68. The number of carbonyl (C=O) groups is 3. The summed E-state index contributed by atoms with van der Waals surface area (Å²) >= 11 is 0. The fourth-order valence-electron chi connectivity index (χ4n) is 3.21. The van der Waals surface area contributed by atoms with Gasteiger partial charge in [-0.3, -0.25) is 4.79 Å². The monoisotopic (exact) mass is 413 g/mol. The van der Waals surface area contributed by atoms with Crippen molar-refractivity contribution in [1.82, 2.24) is 0 Å². The molecule has 1 heterocycles. The highest BCUT2D eigenvalue weighted by Crippen LogP contribution is 2.41. The van der Waals surface area contributed by atoms with E-state index in [2.05, 4.69) is 14.8 Å². The molecule has 0 fully saturated rings. The lowest BCUT2D eigenvalue weighted by Crippen LogP contribution is -2.25. The van der Waals surface area contributed by atoms with Gasteiger partial charge >= 0.3 is 11.9 Å². The van der Waals surface area contributed by atoms with Crippen LogP contribution in [0.4, 0.5) is 5.69 Å². The lowest BCUT2D eigenvalue weighted by molar-refractivity contribution is -0.118. The average molecular weight is 413 g/mol. The standard InChI is InChI=1S/C22H23NO7/c1-22(2)11-13-6-5-7-17(19(13)30-22)29-12-18(24)23-16-9-14(20(25)27-3)8-15(10-16)21(26)28-4/h5-10H,11-12H2,1-4H3,(H,23,24). The maximum atomic E-state index is 12.4. The molecule has 30 heavy (non-hydrogen) atoms. The van der Waals surface area contributed by atoms with Crippen molar-refractivity contribution in [3.05, 3.63) is 53.1 Å². The molecule has 0 saturated heterocycles. The van der Waals surface area contributed by atoms with Gasteiger partial charge in [-0.25, -0.2) is 9.59 Å². The third-order valence-corrected chi connectivity index (χ3v) is 4.47. The normalized spacial score (nSPS) is 13.6. The molecular weight excluding hydrogens is 390 g/mol. The Morgan fingerprint density at radius 1 is 1.03 bits per heavy atom. The number of rotatable bonds is 6. The summed E-state index contributed by atoms with van der Waals surface area (Å²) in [6.07, 6.45) is 0.752. The summed E-state index contributed by atoms with van der Waals surface area (Å²) in [5.41, 5.74) is 1.14. The second kappa shape index (κ2) is 8.44. The van der Waals surface area contributed by atoms with Gasteiger partial charge in [0.2, 0.25) is 0 Å². The number of esters is 2. The fraction of sp³-hybridized carbons (Fsp3) is 0.318. The van der Waals surface area contributed by atoms with Crippen molar-refractivity contribution in [2.45, 2.75) is 25.9 Å². The molecule has 0 bridgehead atoms. The van der Waals surface area contributed by atoms with Crippen LogP contribution in [0.25, 0.3) is 0 Å². The van der Waals surface area contributed by atoms with Crippen molar-refractivity contribution in [3.63, 3.8) is 0 Å². The lowest BCUT2D eigenvalue weighted by atomic mass is 10.0. The van der Waals surface area contributed by atoms with Gasteiger partial charge in [0, 0.05) is 17.7 Å². The van der Waals surface area contributed by atoms with Gasteiger partial charge in [-0.1, -0.05) is 12.1 Å². The molecule has 0 aromatic heterocycles. The first-order valence-electron chi connectivity index (χ1n) is 9.27. The smallest absolute Gasteiger partial charge is 0.337 e. The van der Waals surface area contributed by atoms with Crippen LogP contribution in [0.3, 0.4) is 0 Å². The van der Waals surface area contributed by atoms with E-state index in [9.17, 15) is 14.4 Å². The molecule has 8 nitrogen and oxygen atoms in total. The molecule has 0 atom stereocenters. The number of hydrogen-bond acceptors (Lipinski definition) is 7. The zero-order valence-corrected chi connectivity index (χ0v) is 17.2. The second-order valence-corrected chi connectivity index (χ2v) is 7.40. The average Bonchev–Trinajstić information content (AvgIpc) is 3.05. The van der Waals surface area contributed by atoms with Crippen LogP contribution in [-0.4, -0.2) is 44.3 Å². The Hall–Kier alpha value is -3.55. The Morgan fingerprint density at radius 3 is 2.27 bits per heavy atom. The van der Waals surface area contributed by atoms with Crippen LogP contribution in [0.15, 0.2) is 36.4 Å². The van der Waals surface area contributed by atoms with E-state index in [1.165, 1.54) is 32.4 Å². The highest BCUT2D eigenvalue weighted by molar-refractivity contribution is 5.99. The van der Waals surface area contributed by atoms with E-state index in [1.54, 1.807) is 6.07 Å². The van der Waals surface area contributed by atoms with Crippen molar-refractivity contribution in [1.29, 1.82) is 0 Å². The van der Waals surface area contributed by atoms with Crippen LogP contribution in [0.5, 0.6) is 11.5 Å². The van der Waals surface area contributed by atoms with Gasteiger partial charge in [-0.15, -0.1) is 0 Å². The number of hydrogen-bond donors (Lipinski definition) is 1. The van der Waals surface area contributed by atoms with Gasteiger partial charge in [-0.05, 0) is 38.1 Å². The minimum atomic E-state index is -0.646. The summed E-state index contributed by atoms with van der Waals surface area (Å²) in [7, 11) is 2.45. The molecule has 8 heteroatoms. The third kappa shape index (κ3) is 4.71. The van der Waals surface area contributed by atoms with Crippen molar-refractivity contribution >= 4 is 23.5 Å². The lowest BCUT2D eigenvalue weighted by Gasteiger charge is -2.18. The maximum Gasteiger partial charge on any atom is 0.337 e. The number of amides is 1. The van der Waals surface area contributed by atoms with Crippen molar-refractivity contribution < 1.29 is 33.3 Å². The van der Waals surface area contributed by atoms with Crippen LogP contribution in [0.2, 0.25) is 0 Å². The number of anilines is 1. The van der Waals surface area contributed by atoms with E-state index < -0.39 is 17.8 Å². The summed E-state index contributed by atoms with van der Waals surface area (Å²) in [5, 5.41) is 2.61. The first-order valence-corrected chi connectivity index (χ1v) is 9.27. The number of carbonyl (C=O) groups excluding carboxylic acids is 3. The first-order chi connectivity index (χ1) is 14.2. The fourth-order valence-corrected chi connectivity index (χ4v) is 3.21. The second-order valence-electron chi connectivity index (χ2n) is 7.40. The number of para-hydroxylation sites is 1. The Morgan fingerprint density at radius 2 is 1.67 bits per heavy atom. The maximum absolute atomic E-state index is 12.4. The molecule has 2 aromatic carbocycles. The molecule has 0 saturated carbocycles. The summed E-state index contributed by atoms with van der Waals surface area (Å²) in [5.74, 6) is -0.648.